The highest BCUT2D eigenvalue weighted by molar-refractivity contribution is 5.97. The molecule has 48 heavy (non-hydrogen) atoms. The number of carbonyl (C=O) groups excluding carboxylic acids is 2. The highest BCUT2D eigenvalue weighted by Gasteiger charge is 2.34. The van der Waals surface area contributed by atoms with Gasteiger partial charge in [0.05, 0.1) is 29.8 Å². The molecule has 0 spiro atoms. The summed E-state index contributed by atoms with van der Waals surface area (Å²) in [7, 11) is 0. The molecule has 2 amide bonds. The topological polar surface area (TPSA) is 123 Å². The quantitative estimate of drug-likeness (QED) is 0.128. The number of nitrogens with one attached hydrogen (secondary N) is 2. The molecule has 0 saturated carbocycles. The van der Waals surface area contributed by atoms with Gasteiger partial charge in [-0.25, -0.2) is 4.68 Å². The lowest BCUT2D eigenvalue weighted by molar-refractivity contribution is -0.274. The Morgan fingerprint density at radius 2 is 1.52 bits per heavy atom. The van der Waals surface area contributed by atoms with Crippen LogP contribution in [0.25, 0.3) is 5.69 Å². The Hall–Kier alpha value is -5.34. The maximum atomic E-state index is 14.0. The van der Waals surface area contributed by atoms with Crippen LogP contribution in [0.3, 0.4) is 0 Å². The van der Waals surface area contributed by atoms with Crippen LogP contribution in [0.1, 0.15) is 65.1 Å². The third-order valence-electron chi connectivity index (χ3n) is 7.29. The zero-order valence-electron chi connectivity index (χ0n) is 25.3. The molecule has 0 radical (unpaired) electrons. The summed E-state index contributed by atoms with van der Waals surface area (Å²) in [5.74, 6) is -4.00. The van der Waals surface area contributed by atoms with E-state index in [4.69, 9.17) is 5.11 Å². The summed E-state index contributed by atoms with van der Waals surface area (Å²) in [5.41, 5.74) is 0.971. The normalized spacial score (nSPS) is 13.0. The zero-order valence-corrected chi connectivity index (χ0v) is 25.3. The molecule has 0 saturated heterocycles. The van der Waals surface area contributed by atoms with Gasteiger partial charge in [0.2, 0.25) is 5.91 Å². The minimum Gasteiger partial charge on any atom is -0.481 e. The number of amides is 2. The van der Waals surface area contributed by atoms with Gasteiger partial charge in [0.15, 0.2) is 0 Å². The first-order valence-corrected chi connectivity index (χ1v) is 14.6. The minimum absolute atomic E-state index is 0.0673. The van der Waals surface area contributed by atoms with E-state index in [1.54, 1.807) is 12.1 Å². The Morgan fingerprint density at radius 3 is 2.06 bits per heavy atom. The number of aromatic nitrogens is 2. The first kappa shape index (κ1) is 35.5. The fourth-order valence-corrected chi connectivity index (χ4v) is 5.07. The number of carboxylic acids is 1. The SMILES string of the molecule is CCC[C@H](c1ccc(C(=O)NCCC(=O)O)cc1)C(C(=O)Nc1ccc(-n2cc(C(F)(F)F)cn2)cc1)c1ccc(OC(F)(F)F)cc1. The van der Waals surface area contributed by atoms with E-state index in [0.29, 0.717) is 41.5 Å². The van der Waals surface area contributed by atoms with Gasteiger partial charge in [0.1, 0.15) is 5.75 Å². The van der Waals surface area contributed by atoms with Gasteiger partial charge in [0.25, 0.3) is 5.91 Å². The number of ether oxygens (including phenoxy) is 1. The second-order valence-corrected chi connectivity index (χ2v) is 10.7. The van der Waals surface area contributed by atoms with Crippen molar-refractivity contribution < 1.29 is 50.6 Å². The molecule has 3 N–H and O–H groups in total. The Bertz CT molecular complexity index is 1700. The number of halogens is 6. The van der Waals surface area contributed by atoms with Crippen molar-refractivity contribution in [3.8, 4) is 11.4 Å². The second-order valence-electron chi connectivity index (χ2n) is 10.7. The number of hydrogen-bond donors (Lipinski definition) is 3. The lowest BCUT2D eigenvalue weighted by Crippen LogP contribution is -2.27. The number of rotatable bonds is 13. The minimum atomic E-state index is -4.92. The predicted molar refractivity (Wildman–Crippen MR) is 162 cm³/mol. The second kappa shape index (κ2) is 15.0. The molecular formula is C33H30F6N4O5. The number of alkyl halides is 6. The molecule has 9 nitrogen and oxygen atoms in total. The van der Waals surface area contributed by atoms with E-state index in [1.807, 2.05) is 6.92 Å². The molecule has 15 heteroatoms. The average molecular weight is 677 g/mol. The van der Waals surface area contributed by atoms with Gasteiger partial charge in [0, 0.05) is 24.0 Å². The first-order chi connectivity index (χ1) is 22.6. The van der Waals surface area contributed by atoms with Crippen molar-refractivity contribution in [3.05, 3.63) is 107 Å². The Morgan fingerprint density at radius 1 is 0.896 bits per heavy atom. The van der Waals surface area contributed by atoms with Crippen molar-refractivity contribution in [2.45, 2.75) is 50.6 Å². The van der Waals surface area contributed by atoms with Crippen LogP contribution in [0, 0.1) is 0 Å². The third-order valence-corrected chi connectivity index (χ3v) is 7.29. The number of aliphatic carboxylic acids is 1. The Balaban J connectivity index is 1.62. The molecule has 0 bridgehead atoms. The van der Waals surface area contributed by atoms with Crippen LogP contribution in [0.15, 0.2) is 85.2 Å². The number of anilines is 1. The van der Waals surface area contributed by atoms with Gasteiger partial charge in [-0.3, -0.25) is 14.4 Å². The lowest BCUT2D eigenvalue weighted by atomic mass is 9.78. The molecule has 1 heterocycles. The van der Waals surface area contributed by atoms with Gasteiger partial charge in [-0.05, 0) is 72.0 Å². The van der Waals surface area contributed by atoms with Gasteiger partial charge in [-0.1, -0.05) is 37.6 Å². The van der Waals surface area contributed by atoms with E-state index < -0.39 is 53.5 Å². The van der Waals surface area contributed by atoms with Gasteiger partial charge >= 0.3 is 18.5 Å². The van der Waals surface area contributed by atoms with Crippen molar-refractivity contribution in [1.29, 1.82) is 0 Å². The van der Waals surface area contributed by atoms with Crippen molar-refractivity contribution in [1.82, 2.24) is 15.1 Å². The number of carboxylic acid groups (broad SMARTS) is 1. The summed E-state index contributed by atoms with van der Waals surface area (Å²) < 4.78 is 82.5. The van der Waals surface area contributed by atoms with Gasteiger partial charge < -0.3 is 20.5 Å². The Kier molecular flexibility index (Phi) is 11.1. The zero-order chi connectivity index (χ0) is 35.1. The van der Waals surface area contributed by atoms with Gasteiger partial charge in [-0.15, -0.1) is 13.2 Å². The molecule has 0 aliphatic rings. The molecule has 4 aromatic rings. The van der Waals surface area contributed by atoms with Crippen LogP contribution in [0.5, 0.6) is 5.75 Å². The summed E-state index contributed by atoms with van der Waals surface area (Å²) in [6, 6.07) is 17.2. The number of benzene rings is 3. The maximum Gasteiger partial charge on any atom is 0.573 e. The highest BCUT2D eigenvalue weighted by atomic mass is 19.4. The van der Waals surface area contributed by atoms with Crippen LogP contribution in [-0.2, 0) is 15.8 Å². The molecule has 2 atom stereocenters. The largest absolute Gasteiger partial charge is 0.573 e. The van der Waals surface area contributed by atoms with Crippen molar-refractivity contribution in [2.24, 2.45) is 0 Å². The summed E-state index contributed by atoms with van der Waals surface area (Å²) in [6.07, 6.45) is -7.14. The maximum absolute atomic E-state index is 14.0. The van der Waals surface area contributed by atoms with Crippen LogP contribution >= 0.6 is 0 Å². The van der Waals surface area contributed by atoms with Crippen LogP contribution in [0.2, 0.25) is 0 Å². The van der Waals surface area contributed by atoms with Crippen molar-refractivity contribution in [2.75, 3.05) is 11.9 Å². The summed E-state index contributed by atoms with van der Waals surface area (Å²) in [4.78, 5) is 37.2. The molecule has 254 valence electrons. The summed E-state index contributed by atoms with van der Waals surface area (Å²) >= 11 is 0. The number of nitrogens with zero attached hydrogens (tertiary/aromatic N) is 2. The van der Waals surface area contributed by atoms with E-state index in [1.165, 1.54) is 48.5 Å². The third kappa shape index (κ3) is 9.59. The predicted octanol–water partition coefficient (Wildman–Crippen LogP) is 7.30. The molecule has 1 unspecified atom stereocenters. The monoisotopic (exact) mass is 676 g/mol. The number of carbonyl (C=O) groups is 3. The van der Waals surface area contributed by atoms with Gasteiger partial charge in [-0.2, -0.15) is 18.3 Å². The molecule has 3 aromatic carbocycles. The van der Waals surface area contributed by atoms with Crippen LogP contribution in [0.4, 0.5) is 32.0 Å². The van der Waals surface area contributed by atoms with E-state index in [-0.39, 0.29) is 18.5 Å². The van der Waals surface area contributed by atoms with E-state index in [2.05, 4.69) is 20.5 Å². The van der Waals surface area contributed by atoms with Crippen molar-refractivity contribution >= 4 is 23.5 Å². The summed E-state index contributed by atoms with van der Waals surface area (Å²) in [5, 5.41) is 17.8. The Labute approximate surface area is 270 Å². The standard InChI is InChI=1S/C33H30F6N4O5/c1-2-3-27(20-4-6-22(7-5-20)30(46)40-17-16-28(44)45)29(21-8-14-26(15-9-21)48-33(37,38)39)31(47)42-24-10-12-25(13-11-24)43-19-23(18-41-43)32(34,35)36/h4-15,18-19,27,29H,2-3,16-17H2,1H3,(H,40,46)(H,42,47)(H,44,45)/t27-,29?/m1/s1. The van der Waals surface area contributed by atoms with E-state index >= 15 is 0 Å². The molecule has 0 fully saturated rings. The number of hydrogen-bond acceptors (Lipinski definition) is 5. The van der Waals surface area contributed by atoms with Crippen LogP contribution < -0.4 is 15.4 Å². The smallest absolute Gasteiger partial charge is 0.481 e. The van der Waals surface area contributed by atoms with Crippen molar-refractivity contribution in [3.63, 3.8) is 0 Å². The first-order valence-electron chi connectivity index (χ1n) is 14.6. The molecule has 0 aliphatic carbocycles. The molecular weight excluding hydrogens is 646 g/mol. The molecule has 1 aromatic heterocycles. The summed E-state index contributed by atoms with van der Waals surface area (Å²) in [6.45, 7) is 1.83. The van der Waals surface area contributed by atoms with Crippen LogP contribution in [-0.4, -0.2) is 45.6 Å². The fraction of sp³-hybridized carbons (Fsp3) is 0.273. The van der Waals surface area contributed by atoms with E-state index in [9.17, 15) is 40.7 Å². The average Bonchev–Trinajstić information content (AvgIpc) is 3.53. The lowest BCUT2D eigenvalue weighted by Gasteiger charge is -2.28. The van der Waals surface area contributed by atoms with E-state index in [0.717, 1.165) is 23.0 Å². The molecule has 4 rings (SSSR count). The fourth-order valence-electron chi connectivity index (χ4n) is 5.07. The molecule has 0 aliphatic heterocycles. The highest BCUT2D eigenvalue weighted by Crippen LogP contribution is 2.39.